The van der Waals surface area contributed by atoms with Crippen molar-refractivity contribution in [3.63, 3.8) is 0 Å². The Morgan fingerprint density at radius 2 is 2.20 bits per heavy atom. The second-order valence-corrected chi connectivity index (χ2v) is 6.41. The molecule has 1 amide bonds. The van der Waals surface area contributed by atoms with Crippen LogP contribution in [0.1, 0.15) is 44.7 Å². The van der Waals surface area contributed by atoms with Crippen molar-refractivity contribution in [1.82, 2.24) is 4.90 Å². The largest absolute Gasteiger partial charge is 0.334 e. The standard InChI is InChI=1S/C16H23ClN2O/c1-11(2)8-9-19-15(20)7-6-14(18)16(19)12-4-3-5-13(17)10-12/h3-5,10-11,14,16H,6-9,18H2,1-2H3. The van der Waals surface area contributed by atoms with E-state index in [0.717, 1.165) is 24.9 Å². The predicted octanol–water partition coefficient (Wildman–Crippen LogP) is 3.38. The molecule has 110 valence electrons. The van der Waals surface area contributed by atoms with Gasteiger partial charge >= 0.3 is 0 Å². The van der Waals surface area contributed by atoms with Crippen LogP contribution in [-0.2, 0) is 4.79 Å². The van der Waals surface area contributed by atoms with Gasteiger partial charge in [0.25, 0.3) is 0 Å². The van der Waals surface area contributed by atoms with Gasteiger partial charge in [-0.25, -0.2) is 0 Å². The molecule has 0 spiro atoms. The van der Waals surface area contributed by atoms with E-state index in [1.54, 1.807) is 0 Å². The van der Waals surface area contributed by atoms with Crippen molar-refractivity contribution in [2.45, 2.75) is 45.2 Å². The Labute approximate surface area is 126 Å². The molecule has 1 aliphatic heterocycles. The Morgan fingerprint density at radius 1 is 1.45 bits per heavy atom. The van der Waals surface area contributed by atoms with Gasteiger partial charge in [-0.2, -0.15) is 0 Å². The lowest BCUT2D eigenvalue weighted by Gasteiger charge is -2.40. The molecule has 2 atom stereocenters. The quantitative estimate of drug-likeness (QED) is 0.925. The van der Waals surface area contributed by atoms with Crippen LogP contribution in [0.15, 0.2) is 24.3 Å². The summed E-state index contributed by atoms with van der Waals surface area (Å²) in [5.41, 5.74) is 7.33. The highest BCUT2D eigenvalue weighted by atomic mass is 35.5. The molecule has 1 heterocycles. The highest BCUT2D eigenvalue weighted by Crippen LogP contribution is 2.32. The molecule has 1 aromatic rings. The number of likely N-dealkylation sites (tertiary alicyclic amines) is 1. The molecule has 3 nitrogen and oxygen atoms in total. The van der Waals surface area contributed by atoms with E-state index in [1.807, 2.05) is 29.2 Å². The Kier molecular flexibility index (Phi) is 5.06. The minimum Gasteiger partial charge on any atom is -0.334 e. The third-order valence-corrected chi connectivity index (χ3v) is 4.13. The van der Waals surface area contributed by atoms with E-state index in [4.69, 9.17) is 17.3 Å². The van der Waals surface area contributed by atoms with E-state index >= 15 is 0 Å². The van der Waals surface area contributed by atoms with E-state index in [9.17, 15) is 4.79 Å². The fourth-order valence-corrected chi connectivity index (χ4v) is 2.96. The number of hydrogen-bond donors (Lipinski definition) is 1. The molecule has 0 aliphatic carbocycles. The SMILES string of the molecule is CC(C)CCN1C(=O)CCC(N)C1c1cccc(Cl)c1. The van der Waals surface area contributed by atoms with Crippen LogP contribution in [0.4, 0.5) is 0 Å². The van der Waals surface area contributed by atoms with Crippen molar-refractivity contribution in [3.8, 4) is 0 Å². The topological polar surface area (TPSA) is 46.3 Å². The zero-order valence-corrected chi connectivity index (χ0v) is 12.9. The number of amides is 1. The van der Waals surface area contributed by atoms with E-state index in [2.05, 4.69) is 13.8 Å². The van der Waals surface area contributed by atoms with Gasteiger partial charge in [0.15, 0.2) is 0 Å². The first-order valence-corrected chi connectivity index (χ1v) is 7.67. The second-order valence-electron chi connectivity index (χ2n) is 5.97. The van der Waals surface area contributed by atoms with Gasteiger partial charge in [0.2, 0.25) is 5.91 Å². The molecule has 0 saturated carbocycles. The van der Waals surface area contributed by atoms with Crippen molar-refractivity contribution in [2.24, 2.45) is 11.7 Å². The van der Waals surface area contributed by atoms with Crippen LogP contribution in [0.2, 0.25) is 5.02 Å². The summed E-state index contributed by atoms with van der Waals surface area (Å²) in [5.74, 6) is 0.776. The maximum absolute atomic E-state index is 12.3. The molecule has 1 fully saturated rings. The highest BCUT2D eigenvalue weighted by molar-refractivity contribution is 6.30. The molecule has 2 unspecified atom stereocenters. The highest BCUT2D eigenvalue weighted by Gasteiger charge is 2.34. The Bertz CT molecular complexity index is 475. The zero-order chi connectivity index (χ0) is 14.7. The molecule has 1 aliphatic rings. The second kappa shape index (κ2) is 6.59. The van der Waals surface area contributed by atoms with Crippen LogP contribution in [0.5, 0.6) is 0 Å². The molecular weight excluding hydrogens is 272 g/mol. The lowest BCUT2D eigenvalue weighted by molar-refractivity contribution is -0.137. The van der Waals surface area contributed by atoms with Crippen LogP contribution in [0.3, 0.4) is 0 Å². The maximum atomic E-state index is 12.3. The molecule has 2 rings (SSSR count). The van der Waals surface area contributed by atoms with Crippen LogP contribution < -0.4 is 5.73 Å². The van der Waals surface area contributed by atoms with Gasteiger partial charge in [-0.3, -0.25) is 4.79 Å². The number of halogens is 1. The fraction of sp³-hybridized carbons (Fsp3) is 0.562. The van der Waals surface area contributed by atoms with E-state index in [1.165, 1.54) is 0 Å². The van der Waals surface area contributed by atoms with Gasteiger partial charge in [-0.1, -0.05) is 37.6 Å². The Morgan fingerprint density at radius 3 is 2.85 bits per heavy atom. The van der Waals surface area contributed by atoms with Gasteiger partial charge < -0.3 is 10.6 Å². The normalized spacial score (nSPS) is 23.4. The van der Waals surface area contributed by atoms with Gasteiger partial charge in [0.1, 0.15) is 0 Å². The number of hydrogen-bond acceptors (Lipinski definition) is 2. The van der Waals surface area contributed by atoms with Crippen LogP contribution in [0, 0.1) is 5.92 Å². The minimum absolute atomic E-state index is 0.0154. The predicted molar refractivity (Wildman–Crippen MR) is 82.6 cm³/mol. The number of carbonyl (C=O) groups excluding carboxylic acids is 1. The van der Waals surface area contributed by atoms with Gasteiger partial charge in [-0.15, -0.1) is 0 Å². The molecule has 0 radical (unpaired) electrons. The summed E-state index contributed by atoms with van der Waals surface area (Å²) < 4.78 is 0. The van der Waals surface area contributed by atoms with Gasteiger partial charge in [0, 0.05) is 24.0 Å². The monoisotopic (exact) mass is 294 g/mol. The maximum Gasteiger partial charge on any atom is 0.223 e. The summed E-state index contributed by atoms with van der Waals surface area (Å²) in [6.45, 7) is 5.10. The third-order valence-electron chi connectivity index (χ3n) is 3.89. The summed E-state index contributed by atoms with van der Waals surface area (Å²) in [4.78, 5) is 14.2. The number of benzene rings is 1. The van der Waals surface area contributed by atoms with E-state index < -0.39 is 0 Å². The Balaban J connectivity index is 2.25. The van der Waals surface area contributed by atoms with Crippen molar-refractivity contribution in [3.05, 3.63) is 34.9 Å². The summed E-state index contributed by atoms with van der Waals surface area (Å²) >= 11 is 6.08. The average molecular weight is 295 g/mol. The smallest absolute Gasteiger partial charge is 0.223 e. The molecule has 2 N–H and O–H groups in total. The zero-order valence-electron chi connectivity index (χ0n) is 12.2. The first kappa shape index (κ1) is 15.3. The van der Waals surface area contributed by atoms with Crippen molar-refractivity contribution in [2.75, 3.05) is 6.54 Å². The summed E-state index contributed by atoms with van der Waals surface area (Å²) in [6, 6.07) is 7.64. The van der Waals surface area contributed by atoms with Crippen LogP contribution in [-0.4, -0.2) is 23.4 Å². The number of carbonyl (C=O) groups is 1. The van der Waals surface area contributed by atoms with Crippen LogP contribution in [0.25, 0.3) is 0 Å². The first-order valence-electron chi connectivity index (χ1n) is 7.29. The average Bonchev–Trinajstić information content (AvgIpc) is 2.39. The Hall–Kier alpha value is -1.06. The molecular formula is C16H23ClN2O. The summed E-state index contributed by atoms with van der Waals surface area (Å²) in [5, 5.41) is 0.691. The molecule has 0 bridgehead atoms. The molecule has 1 saturated heterocycles. The van der Waals surface area contributed by atoms with Crippen molar-refractivity contribution in [1.29, 1.82) is 0 Å². The summed E-state index contributed by atoms with van der Waals surface area (Å²) in [6.07, 6.45) is 2.29. The van der Waals surface area contributed by atoms with Gasteiger partial charge in [-0.05, 0) is 36.5 Å². The van der Waals surface area contributed by atoms with Crippen LogP contribution >= 0.6 is 11.6 Å². The van der Waals surface area contributed by atoms with Gasteiger partial charge in [0.05, 0.1) is 6.04 Å². The molecule has 20 heavy (non-hydrogen) atoms. The number of nitrogens with two attached hydrogens (primary N) is 1. The summed E-state index contributed by atoms with van der Waals surface area (Å²) in [7, 11) is 0. The third kappa shape index (κ3) is 3.53. The molecule has 1 aromatic carbocycles. The molecule has 0 aromatic heterocycles. The van der Waals surface area contributed by atoms with E-state index in [0.29, 0.717) is 17.4 Å². The number of nitrogens with zero attached hydrogens (tertiary/aromatic N) is 1. The fourth-order valence-electron chi connectivity index (χ4n) is 2.76. The minimum atomic E-state index is -0.0475. The first-order chi connectivity index (χ1) is 9.49. The number of piperidine rings is 1. The molecule has 4 heteroatoms. The van der Waals surface area contributed by atoms with Crippen molar-refractivity contribution >= 4 is 17.5 Å². The lowest BCUT2D eigenvalue weighted by Crippen LogP contribution is -2.49. The van der Waals surface area contributed by atoms with Crippen molar-refractivity contribution < 1.29 is 4.79 Å². The lowest BCUT2D eigenvalue weighted by atomic mass is 9.90. The van der Waals surface area contributed by atoms with E-state index in [-0.39, 0.29) is 18.0 Å². The number of rotatable bonds is 4.